The van der Waals surface area contributed by atoms with Crippen LogP contribution < -0.4 is 16.4 Å². The van der Waals surface area contributed by atoms with Gasteiger partial charge in [0.25, 0.3) is 0 Å². The second-order valence-electron chi connectivity index (χ2n) is 4.70. The minimum atomic E-state index is 0.0565. The van der Waals surface area contributed by atoms with Crippen LogP contribution in [-0.4, -0.2) is 5.91 Å². The number of nitrogens with one attached hydrogen (secondary N) is 2. The van der Waals surface area contributed by atoms with E-state index in [0.717, 1.165) is 33.7 Å². The van der Waals surface area contributed by atoms with E-state index in [4.69, 9.17) is 5.73 Å². The summed E-state index contributed by atoms with van der Waals surface area (Å²) in [4.78, 5) is 12.6. The molecule has 4 nitrogen and oxygen atoms in total. The molecule has 0 atom stereocenters. The van der Waals surface area contributed by atoms with Gasteiger partial charge in [-0.15, -0.1) is 11.3 Å². The molecule has 1 aliphatic heterocycles. The van der Waals surface area contributed by atoms with Gasteiger partial charge in [0.15, 0.2) is 0 Å². The van der Waals surface area contributed by atoms with Gasteiger partial charge in [-0.05, 0) is 52.2 Å². The van der Waals surface area contributed by atoms with E-state index in [0.29, 0.717) is 12.1 Å². The lowest BCUT2D eigenvalue weighted by atomic mass is 10.0. The molecule has 104 valence electrons. The maximum absolute atomic E-state index is 11.4. The van der Waals surface area contributed by atoms with E-state index in [9.17, 15) is 4.79 Å². The number of halogens is 1. The van der Waals surface area contributed by atoms with Crippen molar-refractivity contribution in [1.82, 2.24) is 0 Å². The van der Waals surface area contributed by atoms with Crippen molar-refractivity contribution >= 4 is 50.2 Å². The predicted molar refractivity (Wildman–Crippen MR) is 87.2 cm³/mol. The van der Waals surface area contributed by atoms with Crippen molar-refractivity contribution in [2.75, 3.05) is 16.4 Å². The van der Waals surface area contributed by atoms with Crippen LogP contribution in [0.15, 0.2) is 28.1 Å². The zero-order valence-electron chi connectivity index (χ0n) is 10.7. The van der Waals surface area contributed by atoms with Gasteiger partial charge in [0.05, 0.1) is 15.2 Å². The summed E-state index contributed by atoms with van der Waals surface area (Å²) in [6.07, 6.45) is 1.30. The zero-order valence-corrected chi connectivity index (χ0v) is 13.1. The third-order valence-electron chi connectivity index (χ3n) is 3.25. The molecule has 3 rings (SSSR count). The van der Waals surface area contributed by atoms with Crippen LogP contribution in [0, 0.1) is 0 Å². The fraction of sp³-hybridized carbons (Fsp3) is 0.214. The van der Waals surface area contributed by atoms with Crippen LogP contribution >= 0.6 is 27.3 Å². The Balaban J connectivity index is 1.78. The van der Waals surface area contributed by atoms with E-state index in [-0.39, 0.29) is 5.91 Å². The highest BCUT2D eigenvalue weighted by atomic mass is 79.9. The van der Waals surface area contributed by atoms with Crippen LogP contribution in [0.3, 0.4) is 0 Å². The summed E-state index contributed by atoms with van der Waals surface area (Å²) in [7, 11) is 0. The number of nitrogens with two attached hydrogens (primary N) is 1. The van der Waals surface area contributed by atoms with Crippen molar-refractivity contribution in [3.63, 3.8) is 0 Å². The lowest BCUT2D eigenvalue weighted by Gasteiger charge is -2.19. The highest BCUT2D eigenvalue weighted by Crippen LogP contribution is 2.31. The van der Waals surface area contributed by atoms with Crippen molar-refractivity contribution in [3.8, 4) is 0 Å². The Morgan fingerprint density at radius 2 is 2.20 bits per heavy atom. The van der Waals surface area contributed by atoms with Gasteiger partial charge in [0.2, 0.25) is 5.91 Å². The smallest absolute Gasteiger partial charge is 0.224 e. The van der Waals surface area contributed by atoms with Crippen LogP contribution in [0.5, 0.6) is 0 Å². The molecular weight excluding hydrogens is 338 g/mol. The van der Waals surface area contributed by atoms with Gasteiger partial charge in [0, 0.05) is 23.5 Å². The average Bonchev–Trinajstić information content (AvgIpc) is 2.82. The quantitative estimate of drug-likeness (QED) is 0.740. The summed E-state index contributed by atoms with van der Waals surface area (Å²) in [6, 6.07) is 7.98. The Morgan fingerprint density at radius 1 is 1.35 bits per heavy atom. The van der Waals surface area contributed by atoms with Gasteiger partial charge in [-0.1, -0.05) is 0 Å². The molecule has 0 radical (unpaired) electrons. The first kappa shape index (κ1) is 13.5. The second kappa shape index (κ2) is 5.46. The fourth-order valence-corrected chi connectivity index (χ4v) is 3.65. The van der Waals surface area contributed by atoms with Gasteiger partial charge < -0.3 is 16.4 Å². The summed E-state index contributed by atoms with van der Waals surface area (Å²) in [5.41, 5.74) is 9.58. The molecule has 20 heavy (non-hydrogen) atoms. The van der Waals surface area contributed by atoms with Crippen LogP contribution in [0.25, 0.3) is 0 Å². The van der Waals surface area contributed by atoms with E-state index < -0.39 is 0 Å². The lowest BCUT2D eigenvalue weighted by molar-refractivity contribution is -0.116. The Labute approximate surface area is 129 Å². The predicted octanol–water partition coefficient (Wildman–Crippen LogP) is 3.59. The largest absolute Gasteiger partial charge is 0.397 e. The van der Waals surface area contributed by atoms with E-state index in [1.807, 2.05) is 18.2 Å². The van der Waals surface area contributed by atoms with E-state index in [2.05, 4.69) is 32.6 Å². The third kappa shape index (κ3) is 2.81. The van der Waals surface area contributed by atoms with Gasteiger partial charge in [0.1, 0.15) is 0 Å². The first-order valence-electron chi connectivity index (χ1n) is 6.32. The molecule has 0 fully saturated rings. The van der Waals surface area contributed by atoms with Crippen molar-refractivity contribution in [1.29, 1.82) is 0 Å². The van der Waals surface area contributed by atoms with Gasteiger partial charge >= 0.3 is 0 Å². The topological polar surface area (TPSA) is 67.1 Å². The first-order valence-corrected chi connectivity index (χ1v) is 7.93. The minimum absolute atomic E-state index is 0.0565. The van der Waals surface area contributed by atoms with E-state index in [1.165, 1.54) is 4.88 Å². The lowest BCUT2D eigenvalue weighted by Crippen LogP contribution is -2.19. The SMILES string of the molecule is Nc1cc2c(cc1NCc1ccc(Br)s1)CCC(=O)N2. The van der Waals surface area contributed by atoms with Crippen molar-refractivity contribution in [2.45, 2.75) is 19.4 Å². The molecule has 0 saturated carbocycles. The third-order valence-corrected chi connectivity index (χ3v) is 4.88. The maximum atomic E-state index is 11.4. The number of hydrogen-bond acceptors (Lipinski definition) is 4. The van der Waals surface area contributed by atoms with E-state index >= 15 is 0 Å². The number of rotatable bonds is 3. The fourth-order valence-electron chi connectivity index (χ4n) is 2.23. The standard InChI is InChI=1S/C14H14BrN3OS/c15-13-3-2-9(20-13)7-17-12-5-8-1-4-14(19)18-11(8)6-10(12)16/h2-3,5-6,17H,1,4,7,16H2,(H,18,19). The summed E-state index contributed by atoms with van der Waals surface area (Å²) in [5.74, 6) is 0.0565. The highest BCUT2D eigenvalue weighted by molar-refractivity contribution is 9.11. The molecule has 0 saturated heterocycles. The molecule has 0 bridgehead atoms. The van der Waals surface area contributed by atoms with Crippen LogP contribution in [0.4, 0.5) is 17.1 Å². The average molecular weight is 352 g/mol. The van der Waals surface area contributed by atoms with Crippen molar-refractivity contribution in [2.24, 2.45) is 0 Å². The van der Waals surface area contributed by atoms with Gasteiger partial charge in [-0.3, -0.25) is 4.79 Å². The van der Waals surface area contributed by atoms with Crippen molar-refractivity contribution in [3.05, 3.63) is 38.5 Å². The Bertz CT molecular complexity index is 668. The van der Waals surface area contributed by atoms with E-state index in [1.54, 1.807) is 11.3 Å². The Kier molecular flexibility index (Phi) is 3.67. The molecule has 1 aromatic carbocycles. The highest BCUT2D eigenvalue weighted by Gasteiger charge is 2.16. The first-order chi connectivity index (χ1) is 9.61. The molecule has 2 heterocycles. The number of thiophene rings is 1. The van der Waals surface area contributed by atoms with Crippen LogP contribution in [-0.2, 0) is 17.8 Å². The molecule has 1 aliphatic rings. The number of aryl methyl sites for hydroxylation is 1. The molecule has 4 N–H and O–H groups in total. The van der Waals surface area contributed by atoms with Crippen LogP contribution in [0.1, 0.15) is 16.9 Å². The second-order valence-corrected chi connectivity index (χ2v) is 7.25. The summed E-state index contributed by atoms with van der Waals surface area (Å²) in [6.45, 7) is 0.742. The molecule has 0 aliphatic carbocycles. The van der Waals surface area contributed by atoms with Crippen molar-refractivity contribution < 1.29 is 4.79 Å². The number of carbonyl (C=O) groups excluding carboxylic acids is 1. The molecule has 0 spiro atoms. The summed E-state index contributed by atoms with van der Waals surface area (Å²) in [5, 5.41) is 6.21. The molecule has 2 aromatic rings. The molecule has 1 aromatic heterocycles. The van der Waals surface area contributed by atoms with Gasteiger partial charge in [-0.25, -0.2) is 0 Å². The summed E-state index contributed by atoms with van der Waals surface area (Å²) >= 11 is 5.15. The van der Waals surface area contributed by atoms with Crippen LogP contribution in [0.2, 0.25) is 0 Å². The Hall–Kier alpha value is -1.53. The number of anilines is 3. The molecule has 6 heteroatoms. The number of carbonyl (C=O) groups is 1. The zero-order chi connectivity index (χ0) is 14.1. The molecule has 1 amide bonds. The number of nitrogen functional groups attached to an aromatic ring is 1. The summed E-state index contributed by atoms with van der Waals surface area (Å²) < 4.78 is 1.12. The Morgan fingerprint density at radius 3 is 2.95 bits per heavy atom. The monoisotopic (exact) mass is 351 g/mol. The normalized spacial score (nSPS) is 13.8. The van der Waals surface area contributed by atoms with Gasteiger partial charge in [-0.2, -0.15) is 0 Å². The molecule has 0 unspecified atom stereocenters. The maximum Gasteiger partial charge on any atom is 0.224 e. The number of amides is 1. The number of fused-ring (bicyclic) bond motifs is 1. The number of hydrogen-bond donors (Lipinski definition) is 3. The minimum Gasteiger partial charge on any atom is -0.397 e. The number of benzene rings is 1. The molecular formula is C14H14BrN3OS.